The summed E-state index contributed by atoms with van der Waals surface area (Å²) in [6.45, 7) is 5.23. The minimum atomic E-state index is 0.868. The van der Waals surface area contributed by atoms with Crippen molar-refractivity contribution in [3.05, 3.63) is 52.1 Å². The summed E-state index contributed by atoms with van der Waals surface area (Å²) in [6.07, 6.45) is 4.42. The molecule has 0 spiro atoms. The number of nitrogens with zero attached hydrogens (tertiary/aromatic N) is 2. The normalized spacial score (nSPS) is 11.3. The van der Waals surface area contributed by atoms with Crippen LogP contribution >= 0.6 is 11.3 Å². The summed E-state index contributed by atoms with van der Waals surface area (Å²) in [6, 6.07) is 8.66. The topological polar surface area (TPSA) is 17.8 Å². The van der Waals surface area contributed by atoms with E-state index >= 15 is 0 Å². The number of fused-ring (bicyclic) bond motifs is 1. The number of thiazole rings is 1. The lowest BCUT2D eigenvalue weighted by molar-refractivity contribution is 0.801. The maximum absolute atomic E-state index is 4.70. The van der Waals surface area contributed by atoms with Crippen LogP contribution in [0.5, 0.6) is 0 Å². The maximum atomic E-state index is 4.70. The Morgan fingerprint density at radius 2 is 2.16 bits per heavy atom. The Kier molecular flexibility index (Phi) is 3.38. The molecule has 3 rings (SSSR count). The van der Waals surface area contributed by atoms with E-state index in [1.54, 1.807) is 11.3 Å². The minimum absolute atomic E-state index is 0.868. The zero-order valence-corrected chi connectivity index (χ0v) is 12.2. The third-order valence-corrected chi connectivity index (χ3v) is 4.38. The summed E-state index contributed by atoms with van der Waals surface area (Å²) in [7, 11) is 0. The van der Waals surface area contributed by atoms with Gasteiger partial charge in [-0.05, 0) is 37.5 Å². The molecule has 0 bridgehead atoms. The molecule has 3 heteroatoms. The van der Waals surface area contributed by atoms with Crippen LogP contribution in [0.3, 0.4) is 0 Å². The SMILES string of the molecule is CCCc1nc(Cn2ccc3c(C)cccc32)cs1. The van der Waals surface area contributed by atoms with Gasteiger partial charge in [-0.25, -0.2) is 4.98 Å². The van der Waals surface area contributed by atoms with Crippen molar-refractivity contribution < 1.29 is 0 Å². The van der Waals surface area contributed by atoms with Crippen LogP contribution in [0, 0.1) is 6.92 Å². The van der Waals surface area contributed by atoms with E-state index in [2.05, 4.69) is 54.3 Å². The standard InChI is InChI=1S/C16H18N2S/c1-3-5-16-17-13(11-19-16)10-18-9-8-14-12(2)6-4-7-15(14)18/h4,6-9,11H,3,5,10H2,1-2H3. The third kappa shape index (κ3) is 2.43. The highest BCUT2D eigenvalue weighted by Gasteiger charge is 2.06. The molecule has 0 N–H and O–H groups in total. The molecule has 0 fully saturated rings. The first-order valence-corrected chi connectivity index (χ1v) is 7.63. The molecule has 3 aromatic rings. The summed E-state index contributed by atoms with van der Waals surface area (Å²) in [4.78, 5) is 4.70. The number of aromatic nitrogens is 2. The quantitative estimate of drug-likeness (QED) is 0.686. The predicted molar refractivity (Wildman–Crippen MR) is 81.9 cm³/mol. The van der Waals surface area contributed by atoms with Crippen LogP contribution in [0.25, 0.3) is 10.9 Å². The molecule has 0 saturated heterocycles. The van der Waals surface area contributed by atoms with Crippen LogP contribution in [0.15, 0.2) is 35.8 Å². The summed E-state index contributed by atoms with van der Waals surface area (Å²) in [5.74, 6) is 0. The first-order chi connectivity index (χ1) is 9.28. The van der Waals surface area contributed by atoms with Crippen LogP contribution in [0.2, 0.25) is 0 Å². The maximum Gasteiger partial charge on any atom is 0.0928 e. The number of benzene rings is 1. The van der Waals surface area contributed by atoms with E-state index in [0.717, 1.165) is 13.0 Å². The van der Waals surface area contributed by atoms with E-state index in [0.29, 0.717) is 0 Å². The lowest BCUT2D eigenvalue weighted by atomic mass is 10.1. The highest BCUT2D eigenvalue weighted by atomic mass is 32.1. The summed E-state index contributed by atoms with van der Waals surface area (Å²) in [5, 5.41) is 4.78. The van der Waals surface area contributed by atoms with Crippen LogP contribution in [0.4, 0.5) is 0 Å². The van der Waals surface area contributed by atoms with Crippen LogP contribution in [-0.4, -0.2) is 9.55 Å². The molecule has 2 heterocycles. The second-order valence-corrected chi connectivity index (χ2v) is 5.88. The van der Waals surface area contributed by atoms with E-state index in [9.17, 15) is 0 Å². The van der Waals surface area contributed by atoms with Crippen molar-refractivity contribution in [2.75, 3.05) is 0 Å². The van der Waals surface area contributed by atoms with Gasteiger partial charge in [-0.15, -0.1) is 11.3 Å². The molecule has 98 valence electrons. The fraction of sp³-hybridized carbons (Fsp3) is 0.312. The molecule has 0 unspecified atom stereocenters. The Morgan fingerprint density at radius 1 is 1.26 bits per heavy atom. The van der Waals surface area contributed by atoms with Gasteiger partial charge in [0.1, 0.15) is 0 Å². The second-order valence-electron chi connectivity index (χ2n) is 4.93. The Labute approximate surface area is 117 Å². The van der Waals surface area contributed by atoms with Gasteiger partial charge >= 0.3 is 0 Å². The van der Waals surface area contributed by atoms with Crippen molar-refractivity contribution in [1.29, 1.82) is 0 Å². The van der Waals surface area contributed by atoms with E-state index < -0.39 is 0 Å². The van der Waals surface area contributed by atoms with E-state index in [-0.39, 0.29) is 0 Å². The Bertz CT molecular complexity index is 694. The predicted octanol–water partition coefficient (Wildman–Crippen LogP) is 4.41. The molecule has 0 radical (unpaired) electrons. The lowest BCUT2D eigenvalue weighted by Crippen LogP contribution is -1.98. The number of rotatable bonds is 4. The zero-order chi connectivity index (χ0) is 13.2. The van der Waals surface area contributed by atoms with Gasteiger partial charge in [0.2, 0.25) is 0 Å². The highest BCUT2D eigenvalue weighted by Crippen LogP contribution is 2.21. The Morgan fingerprint density at radius 3 is 3.00 bits per heavy atom. The van der Waals surface area contributed by atoms with Crippen LogP contribution in [0.1, 0.15) is 29.6 Å². The van der Waals surface area contributed by atoms with Gasteiger partial charge in [-0.1, -0.05) is 19.1 Å². The molecule has 2 aromatic heterocycles. The van der Waals surface area contributed by atoms with Crippen molar-refractivity contribution >= 4 is 22.2 Å². The monoisotopic (exact) mass is 270 g/mol. The average molecular weight is 270 g/mol. The van der Waals surface area contributed by atoms with Gasteiger partial charge in [-0.3, -0.25) is 0 Å². The van der Waals surface area contributed by atoms with Crippen molar-refractivity contribution in [3.63, 3.8) is 0 Å². The summed E-state index contributed by atoms with van der Waals surface area (Å²) < 4.78 is 2.28. The summed E-state index contributed by atoms with van der Waals surface area (Å²) in [5.41, 5.74) is 3.80. The Hall–Kier alpha value is -1.61. The van der Waals surface area contributed by atoms with Crippen molar-refractivity contribution in [2.45, 2.75) is 33.2 Å². The molecule has 0 aliphatic rings. The molecule has 0 amide bonds. The van der Waals surface area contributed by atoms with Crippen molar-refractivity contribution in [1.82, 2.24) is 9.55 Å². The molecular formula is C16H18N2S. The zero-order valence-electron chi connectivity index (χ0n) is 11.4. The third-order valence-electron chi connectivity index (χ3n) is 3.43. The van der Waals surface area contributed by atoms with Gasteiger partial charge in [0, 0.05) is 22.5 Å². The van der Waals surface area contributed by atoms with Gasteiger partial charge in [0.05, 0.1) is 17.2 Å². The highest BCUT2D eigenvalue weighted by molar-refractivity contribution is 7.09. The van der Waals surface area contributed by atoms with Crippen molar-refractivity contribution in [2.24, 2.45) is 0 Å². The molecule has 0 aliphatic heterocycles. The van der Waals surface area contributed by atoms with E-state index in [1.165, 1.54) is 33.6 Å². The molecule has 0 atom stereocenters. The van der Waals surface area contributed by atoms with Gasteiger partial charge in [-0.2, -0.15) is 0 Å². The molecular weight excluding hydrogens is 252 g/mol. The lowest BCUT2D eigenvalue weighted by Gasteiger charge is -2.03. The van der Waals surface area contributed by atoms with Gasteiger partial charge < -0.3 is 4.57 Å². The number of hydrogen-bond acceptors (Lipinski definition) is 2. The largest absolute Gasteiger partial charge is 0.341 e. The Balaban J connectivity index is 1.90. The average Bonchev–Trinajstić information content (AvgIpc) is 3.00. The molecule has 2 nitrogen and oxygen atoms in total. The smallest absolute Gasteiger partial charge is 0.0928 e. The molecule has 0 aliphatic carbocycles. The second kappa shape index (κ2) is 5.17. The van der Waals surface area contributed by atoms with E-state index in [1.807, 2.05) is 0 Å². The summed E-state index contributed by atoms with van der Waals surface area (Å²) >= 11 is 1.78. The number of hydrogen-bond donors (Lipinski definition) is 0. The fourth-order valence-electron chi connectivity index (χ4n) is 2.44. The van der Waals surface area contributed by atoms with Gasteiger partial charge in [0.15, 0.2) is 0 Å². The van der Waals surface area contributed by atoms with Gasteiger partial charge in [0.25, 0.3) is 0 Å². The van der Waals surface area contributed by atoms with Crippen LogP contribution in [-0.2, 0) is 13.0 Å². The fourth-order valence-corrected chi connectivity index (χ4v) is 3.33. The molecule has 1 aromatic carbocycles. The van der Waals surface area contributed by atoms with Crippen LogP contribution < -0.4 is 0 Å². The first-order valence-electron chi connectivity index (χ1n) is 6.75. The number of aryl methyl sites for hydroxylation is 2. The van der Waals surface area contributed by atoms with Crippen molar-refractivity contribution in [3.8, 4) is 0 Å². The first kappa shape index (κ1) is 12.4. The molecule has 19 heavy (non-hydrogen) atoms. The minimum Gasteiger partial charge on any atom is -0.341 e. The van der Waals surface area contributed by atoms with E-state index in [4.69, 9.17) is 4.98 Å². The molecule has 0 saturated carbocycles.